The lowest BCUT2D eigenvalue weighted by Gasteiger charge is -1.93. The Bertz CT molecular complexity index is 326. The molecule has 0 aliphatic heterocycles. The van der Waals surface area contributed by atoms with E-state index in [1.165, 1.54) is 23.3 Å². The van der Waals surface area contributed by atoms with E-state index < -0.39 is 0 Å². The van der Waals surface area contributed by atoms with Crippen LogP contribution in [0.2, 0.25) is 0 Å². The molecule has 0 bridgehead atoms. The molecule has 6 heteroatoms. The van der Waals surface area contributed by atoms with Gasteiger partial charge in [-0.2, -0.15) is 15.4 Å². The molecule has 0 radical (unpaired) electrons. The van der Waals surface area contributed by atoms with Gasteiger partial charge in [0.1, 0.15) is 6.33 Å². The lowest BCUT2D eigenvalue weighted by atomic mass is 10.4. The Morgan fingerprint density at radius 2 is 2.50 bits per heavy atom. The zero-order chi connectivity index (χ0) is 8.39. The quantitative estimate of drug-likeness (QED) is 0.625. The number of H-pyrrole nitrogens is 1. The van der Waals surface area contributed by atoms with Crippen molar-refractivity contribution >= 4 is 5.91 Å². The second kappa shape index (κ2) is 2.57. The molecule has 6 nitrogen and oxygen atoms in total. The molecular weight excluding hydrogens is 158 g/mol. The highest BCUT2D eigenvalue weighted by molar-refractivity contribution is 5.93. The van der Waals surface area contributed by atoms with Crippen LogP contribution in [0.25, 0.3) is 0 Å². The van der Waals surface area contributed by atoms with Crippen molar-refractivity contribution < 1.29 is 4.79 Å². The van der Waals surface area contributed by atoms with Crippen molar-refractivity contribution in [2.24, 2.45) is 0 Å². The highest BCUT2D eigenvalue weighted by Gasteiger charge is 2.09. The van der Waals surface area contributed by atoms with E-state index >= 15 is 0 Å². The number of carbonyl (C=O) groups is 1. The van der Waals surface area contributed by atoms with E-state index in [0.717, 1.165) is 0 Å². The second-order valence-electron chi connectivity index (χ2n) is 2.13. The third kappa shape index (κ3) is 0.986. The summed E-state index contributed by atoms with van der Waals surface area (Å²) in [4.78, 5) is 15.1. The molecule has 2 rings (SSSR count). The number of aromatic nitrogens is 5. The smallest absolute Gasteiger partial charge is 0.271 e. The summed E-state index contributed by atoms with van der Waals surface area (Å²) in [5.74, 6) is -0.249. The largest absolute Gasteiger partial charge is 0.285 e. The van der Waals surface area contributed by atoms with Crippen molar-refractivity contribution in [3.05, 3.63) is 30.6 Å². The first kappa shape index (κ1) is 6.71. The summed E-state index contributed by atoms with van der Waals surface area (Å²) in [5.41, 5.74) is 0.271. The van der Waals surface area contributed by atoms with Gasteiger partial charge in [-0.25, -0.2) is 4.98 Å². The average molecular weight is 163 g/mol. The van der Waals surface area contributed by atoms with Crippen LogP contribution in [0, 0.1) is 0 Å². The molecule has 2 heterocycles. The van der Waals surface area contributed by atoms with Crippen LogP contribution in [0.5, 0.6) is 0 Å². The van der Waals surface area contributed by atoms with Crippen LogP contribution in [-0.4, -0.2) is 30.9 Å². The summed E-state index contributed by atoms with van der Waals surface area (Å²) in [7, 11) is 0. The van der Waals surface area contributed by atoms with Crippen LogP contribution in [0.1, 0.15) is 10.5 Å². The fraction of sp³-hybridized carbons (Fsp3) is 0. The number of hydrogen-bond acceptors (Lipinski definition) is 4. The summed E-state index contributed by atoms with van der Waals surface area (Å²) in [6.45, 7) is 0. The van der Waals surface area contributed by atoms with E-state index in [-0.39, 0.29) is 11.6 Å². The maximum atomic E-state index is 11.4. The van der Waals surface area contributed by atoms with Crippen molar-refractivity contribution in [1.29, 1.82) is 0 Å². The van der Waals surface area contributed by atoms with Crippen LogP contribution in [-0.2, 0) is 0 Å². The van der Waals surface area contributed by atoms with Crippen LogP contribution in [0.15, 0.2) is 24.9 Å². The van der Waals surface area contributed by atoms with Gasteiger partial charge in [0, 0.05) is 12.4 Å². The first-order chi connectivity index (χ1) is 5.88. The Kier molecular flexibility index (Phi) is 1.44. The average Bonchev–Trinajstić information content (AvgIpc) is 2.77. The number of nitrogens with one attached hydrogen (secondary N) is 1. The minimum absolute atomic E-state index is 0.249. The van der Waals surface area contributed by atoms with Crippen LogP contribution >= 0.6 is 0 Å². The van der Waals surface area contributed by atoms with Gasteiger partial charge in [-0.3, -0.25) is 9.36 Å². The van der Waals surface area contributed by atoms with Gasteiger partial charge in [0.2, 0.25) is 0 Å². The van der Waals surface area contributed by atoms with Crippen molar-refractivity contribution in [2.45, 2.75) is 0 Å². The lowest BCUT2D eigenvalue weighted by molar-refractivity contribution is 0.0955. The fourth-order valence-electron chi connectivity index (χ4n) is 0.816. The van der Waals surface area contributed by atoms with Gasteiger partial charge in [0.25, 0.3) is 5.91 Å². The lowest BCUT2D eigenvalue weighted by Crippen LogP contribution is -2.09. The normalized spacial score (nSPS) is 10.0. The molecule has 0 amide bonds. The van der Waals surface area contributed by atoms with Crippen molar-refractivity contribution in [1.82, 2.24) is 25.0 Å². The van der Waals surface area contributed by atoms with E-state index in [2.05, 4.69) is 20.4 Å². The SMILES string of the molecule is O=C(c1cn[nH]n1)n1ccnc1. The molecule has 1 N–H and O–H groups in total. The van der Waals surface area contributed by atoms with Crippen LogP contribution in [0.3, 0.4) is 0 Å². The van der Waals surface area contributed by atoms with Gasteiger partial charge in [-0.1, -0.05) is 0 Å². The van der Waals surface area contributed by atoms with Crippen molar-refractivity contribution in [3.63, 3.8) is 0 Å². The topological polar surface area (TPSA) is 76.5 Å². The summed E-state index contributed by atoms with van der Waals surface area (Å²) in [6.07, 6.45) is 5.86. The maximum Gasteiger partial charge on any atom is 0.285 e. The molecule has 0 saturated carbocycles. The number of aromatic amines is 1. The predicted molar refractivity (Wildman–Crippen MR) is 38.3 cm³/mol. The summed E-state index contributed by atoms with van der Waals surface area (Å²) < 4.78 is 1.33. The Morgan fingerprint density at radius 1 is 1.58 bits per heavy atom. The Hall–Kier alpha value is -1.98. The molecule has 60 valence electrons. The molecule has 12 heavy (non-hydrogen) atoms. The number of carbonyl (C=O) groups excluding carboxylic acids is 1. The monoisotopic (exact) mass is 163 g/mol. The summed E-state index contributed by atoms with van der Waals surface area (Å²) >= 11 is 0. The van der Waals surface area contributed by atoms with Crippen molar-refractivity contribution in [2.75, 3.05) is 0 Å². The van der Waals surface area contributed by atoms with Crippen LogP contribution < -0.4 is 0 Å². The van der Waals surface area contributed by atoms with E-state index in [1.807, 2.05) is 0 Å². The molecule has 0 spiro atoms. The molecular formula is C6H5N5O. The van der Waals surface area contributed by atoms with Crippen molar-refractivity contribution in [3.8, 4) is 0 Å². The van der Waals surface area contributed by atoms with E-state index in [9.17, 15) is 4.79 Å². The first-order valence-corrected chi connectivity index (χ1v) is 3.26. The molecule has 0 fully saturated rings. The number of imidazole rings is 1. The van der Waals surface area contributed by atoms with E-state index in [1.54, 1.807) is 6.20 Å². The van der Waals surface area contributed by atoms with Gasteiger partial charge in [0.15, 0.2) is 5.69 Å². The molecule has 0 aliphatic rings. The molecule has 2 aromatic rings. The van der Waals surface area contributed by atoms with E-state index in [0.29, 0.717) is 0 Å². The van der Waals surface area contributed by atoms with Gasteiger partial charge in [-0.15, -0.1) is 0 Å². The molecule has 2 aromatic heterocycles. The first-order valence-electron chi connectivity index (χ1n) is 3.26. The summed E-state index contributed by atoms with van der Waals surface area (Å²) in [5, 5.41) is 9.52. The molecule has 0 aromatic carbocycles. The Labute approximate surface area is 67.2 Å². The molecule has 0 saturated heterocycles. The summed E-state index contributed by atoms with van der Waals surface area (Å²) in [6, 6.07) is 0. The van der Waals surface area contributed by atoms with Crippen LogP contribution in [0.4, 0.5) is 0 Å². The van der Waals surface area contributed by atoms with Gasteiger partial charge in [-0.05, 0) is 0 Å². The molecule has 0 aliphatic carbocycles. The Balaban J connectivity index is 2.34. The molecule has 0 unspecified atom stereocenters. The maximum absolute atomic E-state index is 11.4. The highest BCUT2D eigenvalue weighted by atomic mass is 16.2. The molecule has 0 atom stereocenters. The Morgan fingerprint density at radius 3 is 3.08 bits per heavy atom. The predicted octanol–water partition coefficient (Wildman–Crippen LogP) is -0.310. The third-order valence-electron chi connectivity index (χ3n) is 1.37. The minimum Gasteiger partial charge on any atom is -0.271 e. The second-order valence-corrected chi connectivity index (χ2v) is 2.13. The number of rotatable bonds is 1. The standard InChI is InChI=1S/C6H5N5O/c12-6(5-3-8-10-9-5)11-2-1-7-4-11/h1-4H,(H,8,9,10). The van der Waals surface area contributed by atoms with Gasteiger partial charge < -0.3 is 0 Å². The highest BCUT2D eigenvalue weighted by Crippen LogP contribution is 1.94. The third-order valence-corrected chi connectivity index (χ3v) is 1.37. The minimum atomic E-state index is -0.249. The zero-order valence-corrected chi connectivity index (χ0v) is 6.01. The van der Waals surface area contributed by atoms with Gasteiger partial charge >= 0.3 is 0 Å². The van der Waals surface area contributed by atoms with Gasteiger partial charge in [0.05, 0.1) is 6.20 Å². The zero-order valence-electron chi connectivity index (χ0n) is 6.01. The number of nitrogens with zero attached hydrogens (tertiary/aromatic N) is 4. The fourth-order valence-corrected chi connectivity index (χ4v) is 0.816. The number of hydrogen-bond donors (Lipinski definition) is 1. The van der Waals surface area contributed by atoms with E-state index in [4.69, 9.17) is 0 Å².